The van der Waals surface area contributed by atoms with Crippen LogP contribution in [0.2, 0.25) is 0 Å². The van der Waals surface area contributed by atoms with Gasteiger partial charge in [-0.2, -0.15) is 0 Å². The van der Waals surface area contributed by atoms with E-state index in [2.05, 4.69) is 22.3 Å². The molecular formula is C26H29N3O5S. The molecule has 1 heterocycles. The third-order valence-electron chi connectivity index (χ3n) is 5.87. The molecule has 0 spiro atoms. The third kappa shape index (κ3) is 6.43. The highest BCUT2D eigenvalue weighted by Crippen LogP contribution is 2.34. The number of amides is 3. The number of nitrogens with one attached hydrogen (secondary N) is 1. The van der Waals surface area contributed by atoms with Crippen LogP contribution in [-0.2, 0) is 16.1 Å². The van der Waals surface area contributed by atoms with Gasteiger partial charge in [0.25, 0.3) is 11.1 Å². The number of hydrogen-bond donors (Lipinski definition) is 1. The fourth-order valence-corrected chi connectivity index (χ4v) is 4.77. The van der Waals surface area contributed by atoms with Crippen molar-refractivity contribution in [1.82, 2.24) is 15.1 Å². The predicted octanol–water partition coefficient (Wildman–Crippen LogP) is 3.52. The molecule has 3 amide bonds. The molecule has 35 heavy (non-hydrogen) atoms. The first kappa shape index (κ1) is 24.8. The first-order valence-corrected chi connectivity index (χ1v) is 12.3. The van der Waals surface area contributed by atoms with Gasteiger partial charge in [-0.1, -0.05) is 36.4 Å². The summed E-state index contributed by atoms with van der Waals surface area (Å²) >= 11 is 0.888. The Hall–Kier alpha value is -3.30. The van der Waals surface area contributed by atoms with Gasteiger partial charge in [-0.15, -0.1) is 0 Å². The zero-order valence-corrected chi connectivity index (χ0v) is 20.7. The molecule has 184 valence electrons. The molecule has 1 saturated carbocycles. The number of ether oxygens (including phenoxy) is 2. The van der Waals surface area contributed by atoms with E-state index in [-0.39, 0.29) is 30.1 Å². The molecule has 1 aliphatic heterocycles. The van der Waals surface area contributed by atoms with E-state index in [1.165, 1.54) is 17.6 Å². The smallest absolute Gasteiger partial charge is 0.293 e. The number of thioether (sulfide) groups is 1. The Kier molecular flexibility index (Phi) is 8.09. The van der Waals surface area contributed by atoms with Crippen LogP contribution in [0, 0.1) is 0 Å². The van der Waals surface area contributed by atoms with Crippen LogP contribution >= 0.6 is 11.8 Å². The van der Waals surface area contributed by atoms with E-state index in [4.69, 9.17) is 9.47 Å². The van der Waals surface area contributed by atoms with Crippen molar-refractivity contribution in [3.63, 3.8) is 0 Å². The normalized spacial score (nSPS) is 16.8. The van der Waals surface area contributed by atoms with Crippen LogP contribution in [-0.4, -0.2) is 66.7 Å². The number of methoxy groups -OCH3 is 2. The van der Waals surface area contributed by atoms with E-state index in [0.29, 0.717) is 29.0 Å². The van der Waals surface area contributed by atoms with Gasteiger partial charge in [-0.3, -0.25) is 24.2 Å². The van der Waals surface area contributed by atoms with Crippen LogP contribution in [0.25, 0.3) is 6.08 Å². The van der Waals surface area contributed by atoms with Crippen LogP contribution in [0.3, 0.4) is 0 Å². The molecule has 2 aliphatic rings. The zero-order valence-electron chi connectivity index (χ0n) is 19.9. The molecule has 1 aliphatic carbocycles. The maximum absolute atomic E-state index is 12.8. The highest BCUT2D eigenvalue weighted by Gasteiger charge is 2.35. The number of rotatable bonds is 11. The van der Waals surface area contributed by atoms with Crippen molar-refractivity contribution in [3.05, 3.63) is 64.6 Å². The molecule has 8 nitrogen and oxygen atoms in total. The van der Waals surface area contributed by atoms with Crippen molar-refractivity contribution in [3.8, 4) is 11.5 Å². The number of carbonyl (C=O) groups is 3. The molecule has 0 unspecified atom stereocenters. The van der Waals surface area contributed by atoms with E-state index in [1.54, 1.807) is 31.4 Å². The Labute approximate surface area is 209 Å². The molecule has 4 rings (SSSR count). The summed E-state index contributed by atoms with van der Waals surface area (Å²) in [6, 6.07) is 15.8. The molecular weight excluding hydrogens is 466 g/mol. The Morgan fingerprint density at radius 3 is 2.54 bits per heavy atom. The standard InChI is InChI=1S/C26H29N3O5S/c1-33-21-11-8-19(14-22(21)34-2)15-23-25(31)29(26(32)35-23)13-12-27-24(30)17-28(20-9-10-20)16-18-6-4-3-5-7-18/h3-8,11,14-15,20H,9-10,12-13,16-17H2,1-2H3,(H,27,30)/b23-15-. The van der Waals surface area contributed by atoms with Gasteiger partial charge in [0.1, 0.15) is 0 Å². The van der Waals surface area contributed by atoms with Crippen molar-refractivity contribution in [2.75, 3.05) is 33.9 Å². The van der Waals surface area contributed by atoms with Gasteiger partial charge in [0.05, 0.1) is 25.7 Å². The molecule has 0 bridgehead atoms. The Morgan fingerprint density at radius 2 is 1.86 bits per heavy atom. The van der Waals surface area contributed by atoms with Gasteiger partial charge >= 0.3 is 0 Å². The minimum atomic E-state index is -0.368. The maximum Gasteiger partial charge on any atom is 0.293 e. The summed E-state index contributed by atoms with van der Waals surface area (Å²) in [5.74, 6) is 0.640. The van der Waals surface area contributed by atoms with Crippen LogP contribution < -0.4 is 14.8 Å². The maximum atomic E-state index is 12.8. The number of hydrogen-bond acceptors (Lipinski definition) is 7. The number of carbonyl (C=O) groups excluding carboxylic acids is 3. The zero-order chi connectivity index (χ0) is 24.8. The molecule has 2 fully saturated rings. The average molecular weight is 496 g/mol. The van der Waals surface area contributed by atoms with Crippen LogP contribution in [0.5, 0.6) is 11.5 Å². The van der Waals surface area contributed by atoms with Crippen molar-refractivity contribution < 1.29 is 23.9 Å². The Morgan fingerprint density at radius 1 is 1.11 bits per heavy atom. The highest BCUT2D eigenvalue weighted by molar-refractivity contribution is 8.18. The van der Waals surface area contributed by atoms with Gasteiger partial charge in [-0.05, 0) is 53.9 Å². The van der Waals surface area contributed by atoms with E-state index < -0.39 is 0 Å². The quantitative estimate of drug-likeness (QED) is 0.477. The number of imide groups is 1. The monoisotopic (exact) mass is 495 g/mol. The van der Waals surface area contributed by atoms with E-state index in [1.807, 2.05) is 18.2 Å². The second-order valence-electron chi connectivity index (χ2n) is 8.42. The van der Waals surface area contributed by atoms with Crippen molar-refractivity contribution in [2.45, 2.75) is 25.4 Å². The molecule has 0 radical (unpaired) electrons. The minimum absolute atomic E-state index is 0.110. The lowest BCUT2D eigenvalue weighted by molar-refractivity contribution is -0.125. The van der Waals surface area contributed by atoms with E-state index in [0.717, 1.165) is 36.7 Å². The lowest BCUT2D eigenvalue weighted by atomic mass is 10.2. The summed E-state index contributed by atoms with van der Waals surface area (Å²) in [6.07, 6.45) is 3.86. The third-order valence-corrected chi connectivity index (χ3v) is 6.78. The minimum Gasteiger partial charge on any atom is -0.493 e. The fourth-order valence-electron chi connectivity index (χ4n) is 3.91. The number of benzene rings is 2. The highest BCUT2D eigenvalue weighted by atomic mass is 32.2. The summed E-state index contributed by atoms with van der Waals surface area (Å²) in [5.41, 5.74) is 1.89. The van der Waals surface area contributed by atoms with Gasteiger partial charge in [0.15, 0.2) is 11.5 Å². The summed E-state index contributed by atoms with van der Waals surface area (Å²) in [4.78, 5) is 41.4. The van der Waals surface area contributed by atoms with Crippen LogP contribution in [0.4, 0.5) is 4.79 Å². The first-order valence-electron chi connectivity index (χ1n) is 11.5. The second kappa shape index (κ2) is 11.4. The van der Waals surface area contributed by atoms with Crippen molar-refractivity contribution >= 4 is 34.9 Å². The van der Waals surface area contributed by atoms with Gasteiger partial charge in [0.2, 0.25) is 5.91 Å². The van der Waals surface area contributed by atoms with Crippen molar-refractivity contribution in [1.29, 1.82) is 0 Å². The SMILES string of the molecule is COc1ccc(/C=C2\SC(=O)N(CCNC(=O)CN(Cc3ccccc3)C3CC3)C2=O)cc1OC. The lowest BCUT2D eigenvalue weighted by Gasteiger charge is -2.22. The van der Waals surface area contributed by atoms with Gasteiger partial charge in [0, 0.05) is 25.7 Å². The largest absolute Gasteiger partial charge is 0.493 e. The molecule has 2 aromatic carbocycles. The van der Waals surface area contributed by atoms with Crippen molar-refractivity contribution in [2.24, 2.45) is 0 Å². The molecule has 2 aromatic rings. The molecule has 9 heteroatoms. The second-order valence-corrected chi connectivity index (χ2v) is 9.41. The summed E-state index contributed by atoms with van der Waals surface area (Å²) < 4.78 is 10.5. The summed E-state index contributed by atoms with van der Waals surface area (Å²) in [5, 5.41) is 2.51. The molecule has 0 atom stereocenters. The fraction of sp³-hybridized carbons (Fsp3) is 0.346. The molecule has 1 saturated heterocycles. The van der Waals surface area contributed by atoms with Crippen LogP contribution in [0.15, 0.2) is 53.4 Å². The topological polar surface area (TPSA) is 88.2 Å². The first-order chi connectivity index (χ1) is 17.0. The summed E-state index contributed by atoms with van der Waals surface area (Å²) in [6.45, 7) is 1.36. The van der Waals surface area contributed by atoms with Gasteiger partial charge in [-0.25, -0.2) is 0 Å². The molecule has 1 N–H and O–H groups in total. The van der Waals surface area contributed by atoms with E-state index >= 15 is 0 Å². The van der Waals surface area contributed by atoms with E-state index in [9.17, 15) is 14.4 Å². The lowest BCUT2D eigenvalue weighted by Crippen LogP contribution is -2.42. The Balaban J connectivity index is 1.29. The van der Waals surface area contributed by atoms with Gasteiger partial charge < -0.3 is 14.8 Å². The Bertz CT molecular complexity index is 1120. The predicted molar refractivity (Wildman–Crippen MR) is 135 cm³/mol. The number of nitrogens with zero attached hydrogens (tertiary/aromatic N) is 2. The summed E-state index contributed by atoms with van der Waals surface area (Å²) in [7, 11) is 3.09. The van der Waals surface area contributed by atoms with Crippen LogP contribution in [0.1, 0.15) is 24.0 Å². The average Bonchev–Trinajstić information content (AvgIpc) is 3.68. The molecule has 0 aromatic heterocycles.